The van der Waals surface area contributed by atoms with Gasteiger partial charge in [-0.25, -0.2) is 15.0 Å². The van der Waals surface area contributed by atoms with Crippen molar-refractivity contribution in [2.75, 3.05) is 5.32 Å². The molecule has 1 aliphatic rings. The molecule has 0 aliphatic carbocycles. The van der Waals surface area contributed by atoms with Crippen LogP contribution in [0.15, 0.2) is 18.5 Å². The molecular weight excluding hydrogens is 300 g/mol. The maximum absolute atomic E-state index is 5.84. The molecule has 0 saturated heterocycles. The predicted octanol–water partition coefficient (Wildman–Crippen LogP) is 2.97. The molecule has 3 aromatic rings. The van der Waals surface area contributed by atoms with Crippen molar-refractivity contribution in [2.45, 2.75) is 26.6 Å². The molecule has 8 heteroatoms. The van der Waals surface area contributed by atoms with E-state index in [0.717, 1.165) is 32.7 Å². The van der Waals surface area contributed by atoms with Crippen molar-refractivity contribution in [1.82, 2.24) is 25.1 Å². The van der Waals surface area contributed by atoms with Gasteiger partial charge in [-0.1, -0.05) is 11.3 Å². The van der Waals surface area contributed by atoms with Crippen LogP contribution < -0.4 is 5.32 Å². The SMILES string of the molecule is Cc1ccnc(Nc2nc3c(s2)CO[C@H](C)c2[nH]ncc2-3)n1. The molecule has 0 saturated carbocycles. The van der Waals surface area contributed by atoms with Crippen molar-refractivity contribution in [3.63, 3.8) is 0 Å². The van der Waals surface area contributed by atoms with Gasteiger partial charge in [0, 0.05) is 17.5 Å². The summed E-state index contributed by atoms with van der Waals surface area (Å²) in [7, 11) is 0. The summed E-state index contributed by atoms with van der Waals surface area (Å²) in [5.41, 5.74) is 3.77. The molecule has 22 heavy (non-hydrogen) atoms. The number of nitrogens with zero attached hydrogens (tertiary/aromatic N) is 4. The van der Waals surface area contributed by atoms with Crippen LogP contribution in [0.3, 0.4) is 0 Å². The Labute approximate surface area is 130 Å². The van der Waals surface area contributed by atoms with E-state index in [-0.39, 0.29) is 6.10 Å². The Morgan fingerprint density at radius 2 is 2.32 bits per heavy atom. The average Bonchev–Trinajstić information content (AvgIpc) is 3.09. The molecule has 4 rings (SSSR count). The van der Waals surface area contributed by atoms with Crippen molar-refractivity contribution in [2.24, 2.45) is 0 Å². The fourth-order valence-corrected chi connectivity index (χ4v) is 3.29. The van der Waals surface area contributed by atoms with Crippen LogP contribution in [0.25, 0.3) is 11.3 Å². The number of ether oxygens (including phenoxy) is 1. The number of aromatic amines is 1. The van der Waals surface area contributed by atoms with Gasteiger partial charge in [0.1, 0.15) is 0 Å². The third-order valence-electron chi connectivity index (χ3n) is 3.51. The number of aryl methyl sites for hydroxylation is 1. The fraction of sp³-hybridized carbons (Fsp3) is 0.286. The number of hydrogen-bond acceptors (Lipinski definition) is 7. The fourth-order valence-electron chi connectivity index (χ4n) is 2.40. The van der Waals surface area contributed by atoms with E-state index < -0.39 is 0 Å². The Morgan fingerprint density at radius 1 is 1.41 bits per heavy atom. The third-order valence-corrected chi connectivity index (χ3v) is 4.45. The van der Waals surface area contributed by atoms with Gasteiger partial charge in [0.25, 0.3) is 0 Å². The molecule has 0 aromatic carbocycles. The standard InChI is InChI=1S/C14H14N6OS/c1-7-3-4-15-13(17-7)19-14-18-12-9-5-16-20-11(9)8(2)21-6-10(12)22-14/h3-5,8H,6H2,1-2H3,(H,16,20)(H,15,17,18,19)/t8-/m1/s1. The Balaban J connectivity index is 1.71. The lowest BCUT2D eigenvalue weighted by atomic mass is 10.1. The van der Waals surface area contributed by atoms with Gasteiger partial charge in [0.05, 0.1) is 35.2 Å². The molecule has 0 amide bonds. The molecular formula is C14H14N6OS. The molecule has 4 heterocycles. The highest BCUT2D eigenvalue weighted by atomic mass is 32.1. The summed E-state index contributed by atoms with van der Waals surface area (Å²) in [6.45, 7) is 4.47. The second-order valence-electron chi connectivity index (χ2n) is 5.09. The first-order chi connectivity index (χ1) is 10.7. The maximum Gasteiger partial charge on any atom is 0.229 e. The third kappa shape index (κ3) is 2.26. The van der Waals surface area contributed by atoms with Gasteiger partial charge in [-0.15, -0.1) is 0 Å². The van der Waals surface area contributed by atoms with Crippen LogP contribution in [0.1, 0.15) is 29.3 Å². The lowest BCUT2D eigenvalue weighted by molar-refractivity contribution is 0.0537. The van der Waals surface area contributed by atoms with Gasteiger partial charge in [-0.2, -0.15) is 5.10 Å². The van der Waals surface area contributed by atoms with Crippen LogP contribution >= 0.6 is 11.3 Å². The van der Waals surface area contributed by atoms with Gasteiger partial charge in [-0.3, -0.25) is 5.10 Å². The molecule has 0 radical (unpaired) electrons. The second-order valence-corrected chi connectivity index (χ2v) is 6.17. The molecule has 0 unspecified atom stereocenters. The lowest BCUT2D eigenvalue weighted by Crippen LogP contribution is -1.99. The van der Waals surface area contributed by atoms with E-state index in [1.54, 1.807) is 23.7 Å². The molecule has 0 spiro atoms. The molecule has 7 nitrogen and oxygen atoms in total. The average molecular weight is 314 g/mol. The molecule has 1 atom stereocenters. The molecule has 2 N–H and O–H groups in total. The summed E-state index contributed by atoms with van der Waals surface area (Å²) in [4.78, 5) is 14.3. The van der Waals surface area contributed by atoms with E-state index in [2.05, 4.69) is 30.5 Å². The van der Waals surface area contributed by atoms with Crippen molar-refractivity contribution >= 4 is 22.4 Å². The van der Waals surface area contributed by atoms with E-state index in [4.69, 9.17) is 4.74 Å². The highest BCUT2D eigenvalue weighted by Crippen LogP contribution is 2.39. The zero-order valence-electron chi connectivity index (χ0n) is 12.1. The molecule has 0 fully saturated rings. The number of fused-ring (bicyclic) bond motifs is 3. The highest BCUT2D eigenvalue weighted by molar-refractivity contribution is 7.16. The molecule has 0 bridgehead atoms. The number of rotatable bonds is 2. The monoisotopic (exact) mass is 314 g/mol. The van der Waals surface area contributed by atoms with Gasteiger partial charge in [-0.05, 0) is 19.9 Å². The van der Waals surface area contributed by atoms with Crippen molar-refractivity contribution < 1.29 is 4.74 Å². The van der Waals surface area contributed by atoms with Gasteiger partial charge < -0.3 is 10.1 Å². The van der Waals surface area contributed by atoms with Gasteiger partial charge >= 0.3 is 0 Å². The Bertz CT molecular complexity index is 826. The minimum absolute atomic E-state index is 0.0181. The van der Waals surface area contributed by atoms with Crippen LogP contribution in [-0.2, 0) is 11.3 Å². The Hall–Kier alpha value is -2.32. The quantitative estimate of drug-likeness (QED) is 0.756. The first kappa shape index (κ1) is 13.4. The normalized spacial score (nSPS) is 16.7. The zero-order valence-corrected chi connectivity index (χ0v) is 12.9. The van der Waals surface area contributed by atoms with Crippen molar-refractivity contribution in [1.29, 1.82) is 0 Å². The van der Waals surface area contributed by atoms with E-state index in [1.807, 2.05) is 19.9 Å². The summed E-state index contributed by atoms with van der Waals surface area (Å²) in [6.07, 6.45) is 3.50. The number of anilines is 2. The summed E-state index contributed by atoms with van der Waals surface area (Å²) in [5.74, 6) is 0.547. The number of thiazole rings is 1. The van der Waals surface area contributed by atoms with E-state index in [1.165, 1.54) is 0 Å². The first-order valence-corrected chi connectivity index (χ1v) is 7.74. The zero-order chi connectivity index (χ0) is 15.1. The number of H-pyrrole nitrogens is 1. The van der Waals surface area contributed by atoms with E-state index >= 15 is 0 Å². The van der Waals surface area contributed by atoms with E-state index in [0.29, 0.717) is 12.6 Å². The number of nitrogens with one attached hydrogen (secondary N) is 2. The predicted molar refractivity (Wildman–Crippen MR) is 83.0 cm³/mol. The smallest absolute Gasteiger partial charge is 0.229 e. The molecule has 112 valence electrons. The first-order valence-electron chi connectivity index (χ1n) is 6.92. The second kappa shape index (κ2) is 5.15. The molecule has 3 aromatic heterocycles. The van der Waals surface area contributed by atoms with Crippen LogP contribution in [0, 0.1) is 6.92 Å². The van der Waals surface area contributed by atoms with Crippen molar-refractivity contribution in [3.8, 4) is 11.3 Å². The largest absolute Gasteiger partial charge is 0.367 e. The van der Waals surface area contributed by atoms with Crippen LogP contribution in [0.5, 0.6) is 0 Å². The topological polar surface area (TPSA) is 88.6 Å². The maximum atomic E-state index is 5.84. The summed E-state index contributed by atoms with van der Waals surface area (Å²) >= 11 is 1.55. The minimum Gasteiger partial charge on any atom is -0.367 e. The number of hydrogen-bond donors (Lipinski definition) is 2. The van der Waals surface area contributed by atoms with Gasteiger partial charge in [0.15, 0.2) is 5.13 Å². The van der Waals surface area contributed by atoms with Crippen LogP contribution in [-0.4, -0.2) is 25.1 Å². The van der Waals surface area contributed by atoms with E-state index in [9.17, 15) is 0 Å². The summed E-state index contributed by atoms with van der Waals surface area (Å²) < 4.78 is 5.84. The lowest BCUT2D eigenvalue weighted by Gasteiger charge is -2.08. The summed E-state index contributed by atoms with van der Waals surface area (Å²) in [6, 6.07) is 1.86. The molecule has 1 aliphatic heterocycles. The van der Waals surface area contributed by atoms with Crippen molar-refractivity contribution in [3.05, 3.63) is 34.7 Å². The highest BCUT2D eigenvalue weighted by Gasteiger charge is 2.25. The number of aromatic nitrogens is 5. The Morgan fingerprint density at radius 3 is 3.18 bits per heavy atom. The van der Waals surface area contributed by atoms with Crippen LogP contribution in [0.2, 0.25) is 0 Å². The summed E-state index contributed by atoms with van der Waals surface area (Å²) in [5, 5.41) is 11.0. The Kier molecular flexibility index (Phi) is 3.12. The van der Waals surface area contributed by atoms with Gasteiger partial charge in [0.2, 0.25) is 5.95 Å². The minimum atomic E-state index is -0.0181. The van der Waals surface area contributed by atoms with Crippen LogP contribution in [0.4, 0.5) is 11.1 Å².